The summed E-state index contributed by atoms with van der Waals surface area (Å²) < 4.78 is 15.1. The van der Waals surface area contributed by atoms with Crippen LogP contribution in [0.3, 0.4) is 0 Å². The van der Waals surface area contributed by atoms with Crippen LogP contribution in [0.4, 0.5) is 4.39 Å². The van der Waals surface area contributed by atoms with Gasteiger partial charge in [0.05, 0.1) is 23.0 Å². The molecule has 1 fully saturated rings. The summed E-state index contributed by atoms with van der Waals surface area (Å²) in [4.78, 5) is 27.1. The number of halogens is 1. The lowest BCUT2D eigenvalue weighted by atomic mass is 9.57. The fourth-order valence-corrected chi connectivity index (χ4v) is 5.94. The number of nitriles is 1. The third kappa shape index (κ3) is 3.34. The van der Waals surface area contributed by atoms with Gasteiger partial charge in [0.1, 0.15) is 17.5 Å². The second-order valence-electron chi connectivity index (χ2n) is 9.79. The van der Waals surface area contributed by atoms with Crippen LogP contribution in [-0.4, -0.2) is 20.7 Å². The van der Waals surface area contributed by atoms with Gasteiger partial charge in [-0.2, -0.15) is 5.26 Å². The van der Waals surface area contributed by atoms with Gasteiger partial charge in [-0.05, 0) is 49.4 Å². The second kappa shape index (κ2) is 8.06. The Morgan fingerprint density at radius 2 is 1.86 bits per heavy atom. The molecule has 1 unspecified atom stereocenters. The van der Waals surface area contributed by atoms with Gasteiger partial charge in [-0.25, -0.2) is 14.4 Å². The number of nitrogens with zero attached hydrogens (tertiary/aromatic N) is 4. The van der Waals surface area contributed by atoms with E-state index in [4.69, 9.17) is 9.97 Å². The van der Waals surface area contributed by atoms with Gasteiger partial charge < -0.3 is 0 Å². The predicted octanol–water partition coefficient (Wildman–Crippen LogP) is 5.82. The summed E-state index contributed by atoms with van der Waals surface area (Å²) >= 11 is 0. The van der Waals surface area contributed by atoms with Crippen LogP contribution in [0.15, 0.2) is 60.8 Å². The van der Waals surface area contributed by atoms with Crippen molar-refractivity contribution in [3.63, 3.8) is 0 Å². The highest BCUT2D eigenvalue weighted by molar-refractivity contribution is 5.93. The Labute approximate surface area is 202 Å². The van der Waals surface area contributed by atoms with E-state index in [2.05, 4.69) is 18.0 Å². The van der Waals surface area contributed by atoms with Gasteiger partial charge in [-0.3, -0.25) is 9.78 Å². The Morgan fingerprint density at radius 3 is 2.69 bits per heavy atom. The average molecular weight is 463 g/mol. The molecule has 0 spiro atoms. The largest absolute Gasteiger partial charge is 0.298 e. The minimum atomic E-state index is -0.653. The molecule has 0 aliphatic heterocycles. The van der Waals surface area contributed by atoms with E-state index in [1.807, 2.05) is 36.4 Å². The van der Waals surface area contributed by atoms with Crippen LogP contribution in [0.25, 0.3) is 33.5 Å². The molecule has 0 saturated heterocycles. The molecule has 172 valence electrons. The fraction of sp³-hybridized carbons (Fsp3) is 0.276. The van der Waals surface area contributed by atoms with Crippen LogP contribution in [-0.2, 0) is 16.6 Å². The van der Waals surface area contributed by atoms with Crippen molar-refractivity contribution >= 4 is 16.7 Å². The number of pyridine rings is 1. The van der Waals surface area contributed by atoms with Crippen molar-refractivity contribution in [1.82, 2.24) is 15.0 Å². The van der Waals surface area contributed by atoms with Crippen LogP contribution in [0.1, 0.15) is 37.4 Å². The molecular weight excluding hydrogens is 439 g/mol. The number of rotatable bonds is 2. The lowest BCUT2D eigenvalue weighted by Crippen LogP contribution is -2.46. The molecule has 1 saturated carbocycles. The van der Waals surface area contributed by atoms with Crippen LogP contribution in [0.5, 0.6) is 0 Å². The summed E-state index contributed by atoms with van der Waals surface area (Å²) in [5.74, 6) is -0.369. The van der Waals surface area contributed by atoms with E-state index >= 15 is 4.39 Å². The number of hydrogen-bond donors (Lipinski definition) is 0. The zero-order valence-corrected chi connectivity index (χ0v) is 19.3. The van der Waals surface area contributed by atoms with Gasteiger partial charge in [0.2, 0.25) is 0 Å². The Morgan fingerprint density at radius 1 is 1.06 bits per heavy atom. The first-order chi connectivity index (χ1) is 17.0. The summed E-state index contributed by atoms with van der Waals surface area (Å²) in [7, 11) is 0. The van der Waals surface area contributed by atoms with Crippen LogP contribution in [0.2, 0.25) is 0 Å². The van der Waals surface area contributed by atoms with Crippen LogP contribution < -0.4 is 0 Å². The zero-order valence-electron chi connectivity index (χ0n) is 19.3. The molecule has 0 N–H and O–H groups in total. The molecule has 6 heteroatoms. The van der Waals surface area contributed by atoms with Gasteiger partial charge in [0.15, 0.2) is 5.82 Å². The molecule has 0 amide bonds. The highest BCUT2D eigenvalue weighted by atomic mass is 19.1. The normalized spacial score (nSPS) is 23.4. The number of benzene rings is 2. The molecule has 2 aromatic carbocycles. The number of Topliss-reactive ketones (excluding diaryl/α,β-unsaturated/α-hetero) is 1. The molecule has 35 heavy (non-hydrogen) atoms. The molecule has 4 aromatic rings. The lowest BCUT2D eigenvalue weighted by Gasteiger charge is -2.46. The Bertz CT molecular complexity index is 1540. The van der Waals surface area contributed by atoms with Crippen molar-refractivity contribution in [1.29, 1.82) is 5.26 Å². The first-order valence-corrected chi connectivity index (χ1v) is 11.9. The minimum Gasteiger partial charge on any atom is -0.298 e. The Kier molecular flexibility index (Phi) is 4.96. The molecule has 6 rings (SSSR count). The lowest BCUT2D eigenvalue weighted by molar-refractivity contribution is -0.126. The predicted molar refractivity (Wildman–Crippen MR) is 131 cm³/mol. The molecule has 0 radical (unpaired) electrons. The standard InChI is InChI=1S/C29H23FN4O/c1-29-15-17(16-31)25(35)14-18(29)10-11-22-26(21-7-2-4-8-23(21)30)33-28(34-27(22)29)20-12-13-32-24-9-5-3-6-19(20)24/h2-9,12-13,17-18H,10-11,14-15H2,1H3/t17?,18-,29+/m0/s1. The van der Waals surface area contributed by atoms with Crippen molar-refractivity contribution in [3.05, 3.63) is 77.9 Å². The molecule has 2 aliphatic carbocycles. The number of carbonyl (C=O) groups is 1. The third-order valence-corrected chi connectivity index (χ3v) is 7.83. The van der Waals surface area contributed by atoms with Crippen LogP contribution in [0, 0.1) is 29.0 Å². The number of aromatic nitrogens is 3. The molecular formula is C29H23FN4O. The summed E-state index contributed by atoms with van der Waals surface area (Å²) in [6.45, 7) is 2.11. The summed E-state index contributed by atoms with van der Waals surface area (Å²) in [5, 5.41) is 10.6. The van der Waals surface area contributed by atoms with Crippen molar-refractivity contribution in [3.8, 4) is 28.7 Å². The number of ketones is 1. The molecule has 5 nitrogen and oxygen atoms in total. The highest BCUT2D eigenvalue weighted by Crippen LogP contribution is 2.51. The average Bonchev–Trinajstić information content (AvgIpc) is 2.88. The van der Waals surface area contributed by atoms with E-state index in [1.54, 1.807) is 18.3 Å². The van der Waals surface area contributed by atoms with Gasteiger partial charge in [-0.1, -0.05) is 37.3 Å². The maximum absolute atomic E-state index is 15.1. The number of hydrogen-bond acceptors (Lipinski definition) is 5. The SMILES string of the molecule is C[C@@]12CC(C#N)C(=O)C[C@@H]1CCc1c(-c3ccccc3F)nc(-c3ccnc4ccccc34)nc12. The van der Waals surface area contributed by atoms with Crippen molar-refractivity contribution in [2.75, 3.05) is 0 Å². The molecule has 2 aromatic heterocycles. The van der Waals surface area contributed by atoms with E-state index in [-0.39, 0.29) is 17.5 Å². The topological polar surface area (TPSA) is 79.5 Å². The number of para-hydroxylation sites is 1. The highest BCUT2D eigenvalue weighted by Gasteiger charge is 2.50. The monoisotopic (exact) mass is 462 g/mol. The van der Waals surface area contributed by atoms with Gasteiger partial charge in [-0.15, -0.1) is 0 Å². The third-order valence-electron chi connectivity index (χ3n) is 7.83. The van der Waals surface area contributed by atoms with E-state index in [0.717, 1.165) is 34.1 Å². The molecule has 2 aliphatic rings. The van der Waals surface area contributed by atoms with Gasteiger partial charge in [0, 0.05) is 40.1 Å². The Hall–Kier alpha value is -3.98. The van der Waals surface area contributed by atoms with Crippen molar-refractivity contribution in [2.24, 2.45) is 11.8 Å². The summed E-state index contributed by atoms with van der Waals surface area (Å²) in [5.41, 5.74) is 3.97. The first-order valence-electron chi connectivity index (χ1n) is 11.9. The number of carbonyl (C=O) groups excluding carboxylic acids is 1. The van der Waals surface area contributed by atoms with Crippen molar-refractivity contribution in [2.45, 2.75) is 38.0 Å². The number of fused-ring (bicyclic) bond motifs is 4. The van der Waals surface area contributed by atoms with E-state index in [9.17, 15) is 10.1 Å². The fourth-order valence-electron chi connectivity index (χ4n) is 5.94. The minimum absolute atomic E-state index is 0.0159. The molecule has 3 atom stereocenters. The quantitative estimate of drug-likeness (QED) is 0.375. The van der Waals surface area contributed by atoms with E-state index in [1.165, 1.54) is 6.07 Å². The Balaban J connectivity index is 1.65. The van der Waals surface area contributed by atoms with E-state index < -0.39 is 11.3 Å². The maximum Gasteiger partial charge on any atom is 0.160 e. The smallest absolute Gasteiger partial charge is 0.160 e. The van der Waals surface area contributed by atoms with Gasteiger partial charge in [0.25, 0.3) is 0 Å². The second-order valence-corrected chi connectivity index (χ2v) is 9.79. The zero-order chi connectivity index (χ0) is 24.2. The first kappa shape index (κ1) is 21.5. The van der Waals surface area contributed by atoms with E-state index in [0.29, 0.717) is 36.3 Å². The summed E-state index contributed by atoms with van der Waals surface area (Å²) in [6.07, 6.45) is 3.99. The molecule has 0 bridgehead atoms. The maximum atomic E-state index is 15.1. The molecule has 2 heterocycles. The van der Waals surface area contributed by atoms with Crippen LogP contribution >= 0.6 is 0 Å². The summed E-state index contributed by atoms with van der Waals surface area (Å²) in [6, 6.07) is 18.6. The van der Waals surface area contributed by atoms with Gasteiger partial charge >= 0.3 is 0 Å². The van der Waals surface area contributed by atoms with Crippen molar-refractivity contribution < 1.29 is 9.18 Å².